The Kier molecular flexibility index (Phi) is 6.05. The van der Waals surface area contributed by atoms with Crippen molar-refractivity contribution < 1.29 is 0 Å². The molecule has 0 aliphatic carbocycles. The average molecular weight is 686 g/mol. The zero-order chi connectivity index (χ0) is 35.3. The van der Waals surface area contributed by atoms with Crippen LogP contribution in [0.1, 0.15) is 0 Å². The number of hydrogen-bond donors (Lipinski definition) is 0. The van der Waals surface area contributed by atoms with E-state index in [4.69, 9.17) is 4.98 Å². The van der Waals surface area contributed by atoms with E-state index in [1.807, 2.05) is 0 Å². The van der Waals surface area contributed by atoms with Gasteiger partial charge in [0.25, 0.3) is 0 Å². The summed E-state index contributed by atoms with van der Waals surface area (Å²) in [6, 6.07) is 68.4. The molecule has 3 heteroatoms. The molecule has 3 aromatic heterocycles. The Bertz CT molecular complexity index is 3270. The number of rotatable bonds is 3. The molecule has 0 fully saturated rings. The second-order valence-electron chi connectivity index (χ2n) is 14.3. The molecule has 0 unspecified atom stereocenters. The number of benzene rings is 9. The van der Waals surface area contributed by atoms with Crippen LogP contribution in [0.15, 0.2) is 188 Å². The molecule has 0 saturated carbocycles. The molecule has 0 aliphatic rings. The molecule has 0 spiro atoms. The molecule has 12 rings (SSSR count). The molecule has 3 heterocycles. The van der Waals surface area contributed by atoms with Crippen LogP contribution in [-0.2, 0) is 0 Å². The maximum absolute atomic E-state index is 5.73. The molecule has 0 aliphatic heterocycles. The van der Waals surface area contributed by atoms with E-state index in [9.17, 15) is 0 Å². The van der Waals surface area contributed by atoms with Crippen LogP contribution in [0.2, 0.25) is 0 Å². The minimum atomic E-state index is 0.975. The van der Waals surface area contributed by atoms with Gasteiger partial charge in [-0.15, -0.1) is 0 Å². The lowest BCUT2D eigenvalue weighted by atomic mass is 9.92. The van der Waals surface area contributed by atoms with Crippen molar-refractivity contribution in [2.45, 2.75) is 0 Å². The van der Waals surface area contributed by atoms with E-state index < -0.39 is 0 Å². The minimum absolute atomic E-state index is 0.975. The zero-order valence-electron chi connectivity index (χ0n) is 29.2. The van der Waals surface area contributed by atoms with Gasteiger partial charge in [-0.05, 0) is 64.0 Å². The first-order valence-corrected chi connectivity index (χ1v) is 18.6. The van der Waals surface area contributed by atoms with E-state index in [0.717, 1.165) is 33.5 Å². The summed E-state index contributed by atoms with van der Waals surface area (Å²) in [5.41, 5.74) is 9.97. The standard InChI is InChI=1S/C51H31N3/c1-3-21-41-35(15-1)36-16-2-5-23-43(36)51-49(41)42-22-4-6-24-44(42)50(52-51)32-29-33(53-45-25-11-7-17-37(45)38-18-8-12-26-46(38)53)31-34(30-32)54-47-27-13-9-19-39(47)40-20-10-14-28-48(40)54/h1-31H. The van der Waals surface area contributed by atoms with Crippen LogP contribution >= 0.6 is 0 Å². The van der Waals surface area contributed by atoms with E-state index >= 15 is 0 Å². The highest BCUT2D eigenvalue weighted by atomic mass is 15.0. The van der Waals surface area contributed by atoms with Gasteiger partial charge in [0, 0.05) is 54.6 Å². The lowest BCUT2D eigenvalue weighted by Crippen LogP contribution is -2.01. The first kappa shape index (κ1) is 29.4. The predicted molar refractivity (Wildman–Crippen MR) is 228 cm³/mol. The Balaban J connectivity index is 1.26. The molecule has 0 bridgehead atoms. The molecule has 54 heavy (non-hydrogen) atoms. The highest BCUT2D eigenvalue weighted by Crippen LogP contribution is 2.43. The molecule has 9 aromatic carbocycles. The van der Waals surface area contributed by atoms with Crippen molar-refractivity contribution in [3.8, 4) is 22.6 Å². The third-order valence-electron chi connectivity index (χ3n) is 11.4. The van der Waals surface area contributed by atoms with Crippen LogP contribution in [0.5, 0.6) is 0 Å². The van der Waals surface area contributed by atoms with Crippen LogP contribution in [0.25, 0.3) is 109 Å². The summed E-state index contributed by atoms with van der Waals surface area (Å²) in [5, 5.41) is 13.4. The summed E-state index contributed by atoms with van der Waals surface area (Å²) in [4.78, 5) is 5.73. The van der Waals surface area contributed by atoms with Crippen LogP contribution in [0.3, 0.4) is 0 Å². The number of aromatic nitrogens is 3. The van der Waals surface area contributed by atoms with Gasteiger partial charge in [-0.3, -0.25) is 0 Å². The Hall–Kier alpha value is -7.23. The van der Waals surface area contributed by atoms with Crippen molar-refractivity contribution >= 4 is 86.8 Å². The van der Waals surface area contributed by atoms with Crippen molar-refractivity contribution in [1.82, 2.24) is 14.1 Å². The summed E-state index contributed by atoms with van der Waals surface area (Å²) in [6.45, 7) is 0. The molecule has 0 saturated heterocycles. The number of nitrogens with zero attached hydrogens (tertiary/aromatic N) is 3. The average Bonchev–Trinajstić information content (AvgIpc) is 3.76. The second-order valence-corrected chi connectivity index (χ2v) is 14.3. The van der Waals surface area contributed by atoms with Crippen LogP contribution < -0.4 is 0 Å². The summed E-state index contributed by atoms with van der Waals surface area (Å²) in [5.74, 6) is 0. The number of fused-ring (bicyclic) bond motifs is 14. The third kappa shape index (κ3) is 4.04. The van der Waals surface area contributed by atoms with Gasteiger partial charge in [0.15, 0.2) is 0 Å². The first-order valence-electron chi connectivity index (χ1n) is 18.6. The SMILES string of the molecule is c1ccc2c(c1)c(-c1cc(-n3c4ccccc4c4ccccc43)cc(-n3c4ccccc4c4ccccc43)c1)nc1c3ccccc3c3ccccc3c21. The van der Waals surface area contributed by atoms with E-state index in [2.05, 4.69) is 197 Å². The highest BCUT2D eigenvalue weighted by molar-refractivity contribution is 6.31. The number of hydrogen-bond acceptors (Lipinski definition) is 1. The summed E-state index contributed by atoms with van der Waals surface area (Å²) in [7, 11) is 0. The molecule has 0 radical (unpaired) electrons. The Morgan fingerprint density at radius 3 is 1.09 bits per heavy atom. The van der Waals surface area contributed by atoms with Gasteiger partial charge in [0.1, 0.15) is 0 Å². The smallest absolute Gasteiger partial charge is 0.0800 e. The molecule has 12 aromatic rings. The first-order chi connectivity index (χ1) is 26.8. The molecule has 0 atom stereocenters. The van der Waals surface area contributed by atoms with Crippen molar-refractivity contribution in [3.63, 3.8) is 0 Å². The Morgan fingerprint density at radius 1 is 0.296 bits per heavy atom. The molecule has 3 nitrogen and oxygen atoms in total. The van der Waals surface area contributed by atoms with E-state index in [1.165, 1.54) is 75.9 Å². The van der Waals surface area contributed by atoms with Crippen LogP contribution in [0, 0.1) is 0 Å². The zero-order valence-corrected chi connectivity index (χ0v) is 29.2. The van der Waals surface area contributed by atoms with Gasteiger partial charge in [0.05, 0.1) is 33.3 Å². The number of pyridine rings is 1. The lowest BCUT2D eigenvalue weighted by Gasteiger charge is -2.18. The third-order valence-corrected chi connectivity index (χ3v) is 11.4. The van der Waals surface area contributed by atoms with Crippen molar-refractivity contribution in [3.05, 3.63) is 188 Å². The molecular weight excluding hydrogens is 655 g/mol. The normalized spacial score (nSPS) is 12.1. The van der Waals surface area contributed by atoms with Crippen LogP contribution in [0.4, 0.5) is 0 Å². The largest absolute Gasteiger partial charge is 0.309 e. The van der Waals surface area contributed by atoms with Crippen molar-refractivity contribution in [2.24, 2.45) is 0 Å². The second kappa shape index (κ2) is 11.1. The maximum Gasteiger partial charge on any atom is 0.0800 e. The van der Waals surface area contributed by atoms with Gasteiger partial charge in [-0.25, -0.2) is 4.98 Å². The quantitative estimate of drug-likeness (QED) is 0.170. The molecule has 0 N–H and O–H groups in total. The summed E-state index contributed by atoms with van der Waals surface area (Å²) < 4.78 is 4.86. The van der Waals surface area contributed by atoms with E-state index in [0.29, 0.717) is 0 Å². The Morgan fingerprint density at radius 2 is 0.630 bits per heavy atom. The van der Waals surface area contributed by atoms with Crippen molar-refractivity contribution in [2.75, 3.05) is 0 Å². The van der Waals surface area contributed by atoms with Crippen molar-refractivity contribution in [1.29, 1.82) is 0 Å². The summed E-state index contributed by atoms with van der Waals surface area (Å²) >= 11 is 0. The van der Waals surface area contributed by atoms with E-state index in [1.54, 1.807) is 0 Å². The minimum Gasteiger partial charge on any atom is -0.309 e. The molecule has 0 amide bonds. The molecule has 250 valence electrons. The van der Waals surface area contributed by atoms with E-state index in [-0.39, 0.29) is 0 Å². The van der Waals surface area contributed by atoms with Gasteiger partial charge in [0.2, 0.25) is 0 Å². The van der Waals surface area contributed by atoms with Crippen LogP contribution in [-0.4, -0.2) is 14.1 Å². The summed E-state index contributed by atoms with van der Waals surface area (Å²) in [6.07, 6.45) is 0. The number of para-hydroxylation sites is 4. The predicted octanol–water partition coefficient (Wildman–Crippen LogP) is 13.6. The Labute approximate surface area is 310 Å². The van der Waals surface area contributed by atoms with Gasteiger partial charge >= 0.3 is 0 Å². The van der Waals surface area contributed by atoms with Gasteiger partial charge in [-0.1, -0.05) is 146 Å². The fourth-order valence-electron chi connectivity index (χ4n) is 9.20. The maximum atomic E-state index is 5.73. The fourth-order valence-corrected chi connectivity index (χ4v) is 9.20. The van der Waals surface area contributed by atoms with Gasteiger partial charge in [-0.2, -0.15) is 0 Å². The van der Waals surface area contributed by atoms with Gasteiger partial charge < -0.3 is 9.13 Å². The highest BCUT2D eigenvalue weighted by Gasteiger charge is 2.20. The lowest BCUT2D eigenvalue weighted by molar-refractivity contribution is 1.13. The topological polar surface area (TPSA) is 22.8 Å². The monoisotopic (exact) mass is 685 g/mol. The fraction of sp³-hybridized carbons (Fsp3) is 0. The molecular formula is C51H31N3.